The van der Waals surface area contributed by atoms with Crippen LogP contribution in [0, 0.1) is 0 Å². The maximum absolute atomic E-state index is 12.2. The minimum absolute atomic E-state index is 0. The number of likely N-dealkylation sites (N-methyl/N-ethyl adjacent to an activating group) is 1. The first-order valence-electron chi connectivity index (χ1n) is 7.43. The van der Waals surface area contributed by atoms with E-state index in [1.807, 2.05) is 11.9 Å². The summed E-state index contributed by atoms with van der Waals surface area (Å²) in [6.07, 6.45) is 2.05. The third kappa shape index (κ3) is 5.17. The topological polar surface area (TPSA) is 78.5 Å². The van der Waals surface area contributed by atoms with E-state index in [9.17, 15) is 13.2 Å². The highest BCUT2D eigenvalue weighted by Crippen LogP contribution is 2.13. The lowest BCUT2D eigenvalue weighted by Gasteiger charge is -2.23. The van der Waals surface area contributed by atoms with Crippen LogP contribution in [0.1, 0.15) is 18.4 Å². The number of carbonyl (C=O) groups is 1. The van der Waals surface area contributed by atoms with E-state index in [2.05, 4.69) is 10.0 Å². The smallest absolute Gasteiger partial charge is 0.240 e. The Morgan fingerprint density at radius 3 is 2.52 bits per heavy atom. The van der Waals surface area contributed by atoms with Gasteiger partial charge in [-0.25, -0.2) is 13.1 Å². The summed E-state index contributed by atoms with van der Waals surface area (Å²) in [4.78, 5) is 14.2. The summed E-state index contributed by atoms with van der Waals surface area (Å²) >= 11 is 0. The van der Waals surface area contributed by atoms with Gasteiger partial charge in [0.1, 0.15) is 0 Å². The summed E-state index contributed by atoms with van der Waals surface area (Å²) in [6.45, 7) is 1.82. The molecule has 6 nitrogen and oxygen atoms in total. The molecule has 1 aromatic carbocycles. The van der Waals surface area contributed by atoms with E-state index in [-0.39, 0.29) is 29.3 Å². The van der Waals surface area contributed by atoms with Crippen LogP contribution in [-0.4, -0.2) is 52.5 Å². The molecule has 130 valence electrons. The van der Waals surface area contributed by atoms with Crippen molar-refractivity contribution in [3.63, 3.8) is 0 Å². The predicted molar refractivity (Wildman–Crippen MR) is 92.3 cm³/mol. The van der Waals surface area contributed by atoms with E-state index >= 15 is 0 Å². The Morgan fingerprint density at radius 1 is 1.35 bits per heavy atom. The molecule has 1 aliphatic heterocycles. The molecule has 0 spiro atoms. The van der Waals surface area contributed by atoms with Crippen LogP contribution in [0.3, 0.4) is 0 Å². The highest BCUT2D eigenvalue weighted by Gasteiger charge is 2.22. The number of rotatable bonds is 6. The number of nitrogens with one attached hydrogen (secondary N) is 2. The molecule has 0 radical (unpaired) electrons. The zero-order chi connectivity index (χ0) is 16.2. The van der Waals surface area contributed by atoms with Gasteiger partial charge in [0.25, 0.3) is 0 Å². The summed E-state index contributed by atoms with van der Waals surface area (Å²) in [6, 6.07) is 6.94. The van der Waals surface area contributed by atoms with Gasteiger partial charge in [0, 0.05) is 26.1 Å². The predicted octanol–water partition coefficient (Wildman–Crippen LogP) is 0.769. The standard InChI is InChI=1S/C15H23N3O3S.ClH/c1-16-22(20,21)14-6-3-12(4-7-14)5-8-15(19)18(2)13-9-10-17-11-13;/h3-4,6-7,13,16-17H,5,8-11H2,1-2H3;1H. The van der Waals surface area contributed by atoms with Gasteiger partial charge in [0.05, 0.1) is 4.90 Å². The van der Waals surface area contributed by atoms with Crippen LogP contribution in [-0.2, 0) is 21.2 Å². The summed E-state index contributed by atoms with van der Waals surface area (Å²) in [5, 5.41) is 3.25. The lowest BCUT2D eigenvalue weighted by molar-refractivity contribution is -0.131. The molecule has 1 fully saturated rings. The van der Waals surface area contributed by atoms with E-state index in [0.29, 0.717) is 12.8 Å². The van der Waals surface area contributed by atoms with Gasteiger partial charge in [-0.15, -0.1) is 12.4 Å². The quantitative estimate of drug-likeness (QED) is 0.784. The average Bonchev–Trinajstić information content (AvgIpc) is 3.06. The molecule has 1 saturated heterocycles. The van der Waals surface area contributed by atoms with Crippen LogP contribution in [0.2, 0.25) is 0 Å². The lowest BCUT2D eigenvalue weighted by atomic mass is 10.1. The van der Waals surface area contributed by atoms with Crippen molar-refractivity contribution >= 4 is 28.3 Å². The van der Waals surface area contributed by atoms with Crippen molar-refractivity contribution in [2.45, 2.75) is 30.2 Å². The number of halogens is 1. The molecule has 0 bridgehead atoms. The number of benzene rings is 1. The van der Waals surface area contributed by atoms with E-state index in [1.165, 1.54) is 7.05 Å². The normalized spacial score (nSPS) is 17.6. The van der Waals surface area contributed by atoms with Crippen LogP contribution in [0.4, 0.5) is 0 Å². The Bertz CT molecular complexity index is 613. The molecule has 1 heterocycles. The minimum Gasteiger partial charge on any atom is -0.341 e. The zero-order valence-electron chi connectivity index (χ0n) is 13.4. The van der Waals surface area contributed by atoms with Crippen molar-refractivity contribution in [3.8, 4) is 0 Å². The second kappa shape index (κ2) is 8.63. The number of aryl methyl sites for hydroxylation is 1. The molecule has 0 saturated carbocycles. The van der Waals surface area contributed by atoms with Crippen molar-refractivity contribution in [3.05, 3.63) is 29.8 Å². The number of hydrogen-bond donors (Lipinski definition) is 2. The van der Waals surface area contributed by atoms with Gasteiger partial charge >= 0.3 is 0 Å². The fourth-order valence-corrected chi connectivity index (χ4v) is 3.28. The first-order chi connectivity index (χ1) is 10.4. The van der Waals surface area contributed by atoms with Gasteiger partial charge in [-0.1, -0.05) is 12.1 Å². The SMILES string of the molecule is CNS(=O)(=O)c1ccc(CCC(=O)N(C)C2CCNC2)cc1.Cl. The average molecular weight is 362 g/mol. The maximum atomic E-state index is 12.2. The first kappa shape index (κ1) is 19.9. The molecule has 0 aliphatic carbocycles. The van der Waals surface area contributed by atoms with Gasteiger partial charge in [-0.05, 0) is 44.1 Å². The van der Waals surface area contributed by atoms with Crippen molar-refractivity contribution in [2.24, 2.45) is 0 Å². The fourth-order valence-electron chi connectivity index (χ4n) is 2.55. The third-order valence-corrected chi connectivity index (χ3v) is 5.54. The Kier molecular flexibility index (Phi) is 7.47. The van der Waals surface area contributed by atoms with Gasteiger partial charge in [0.15, 0.2) is 0 Å². The van der Waals surface area contributed by atoms with Crippen LogP contribution in [0.15, 0.2) is 29.2 Å². The number of hydrogen-bond acceptors (Lipinski definition) is 4. The van der Waals surface area contributed by atoms with Crippen molar-refractivity contribution in [1.29, 1.82) is 0 Å². The van der Waals surface area contributed by atoms with Gasteiger partial charge < -0.3 is 10.2 Å². The van der Waals surface area contributed by atoms with Crippen molar-refractivity contribution in [1.82, 2.24) is 14.9 Å². The molecule has 0 aromatic heterocycles. The van der Waals surface area contributed by atoms with Gasteiger partial charge in [-0.3, -0.25) is 4.79 Å². The Morgan fingerprint density at radius 2 is 2.00 bits per heavy atom. The van der Waals surface area contributed by atoms with Crippen LogP contribution in [0.25, 0.3) is 0 Å². The number of amides is 1. The second-order valence-corrected chi connectivity index (χ2v) is 7.39. The summed E-state index contributed by atoms with van der Waals surface area (Å²) in [5.41, 5.74) is 0.960. The number of sulfonamides is 1. The number of nitrogens with zero attached hydrogens (tertiary/aromatic N) is 1. The molecular weight excluding hydrogens is 338 g/mol. The highest BCUT2D eigenvalue weighted by atomic mass is 35.5. The molecule has 1 aliphatic rings. The van der Waals surface area contributed by atoms with E-state index in [4.69, 9.17) is 0 Å². The van der Waals surface area contributed by atoms with Gasteiger partial charge in [0.2, 0.25) is 15.9 Å². The fraction of sp³-hybridized carbons (Fsp3) is 0.533. The zero-order valence-corrected chi connectivity index (χ0v) is 15.0. The molecular formula is C15H24ClN3O3S. The molecule has 1 atom stereocenters. The molecule has 8 heteroatoms. The first-order valence-corrected chi connectivity index (χ1v) is 8.91. The Hall–Kier alpha value is -1.15. The second-order valence-electron chi connectivity index (χ2n) is 5.50. The van der Waals surface area contributed by atoms with Crippen LogP contribution >= 0.6 is 12.4 Å². The molecule has 1 unspecified atom stereocenters. The van der Waals surface area contributed by atoms with Crippen LogP contribution < -0.4 is 10.0 Å². The number of carbonyl (C=O) groups excluding carboxylic acids is 1. The molecule has 23 heavy (non-hydrogen) atoms. The molecule has 2 rings (SSSR count). The van der Waals surface area contributed by atoms with E-state index in [0.717, 1.165) is 25.1 Å². The highest BCUT2D eigenvalue weighted by molar-refractivity contribution is 7.89. The molecule has 2 N–H and O–H groups in total. The Labute approximate surface area is 144 Å². The largest absolute Gasteiger partial charge is 0.341 e. The molecule has 1 aromatic rings. The summed E-state index contributed by atoms with van der Waals surface area (Å²) in [7, 11) is -0.169. The maximum Gasteiger partial charge on any atom is 0.240 e. The van der Waals surface area contributed by atoms with Crippen LogP contribution in [0.5, 0.6) is 0 Å². The third-order valence-electron chi connectivity index (χ3n) is 4.11. The van der Waals surface area contributed by atoms with E-state index < -0.39 is 10.0 Å². The van der Waals surface area contributed by atoms with Crippen molar-refractivity contribution < 1.29 is 13.2 Å². The lowest BCUT2D eigenvalue weighted by Crippen LogP contribution is -2.38. The minimum atomic E-state index is -3.40. The van der Waals surface area contributed by atoms with E-state index in [1.54, 1.807) is 24.3 Å². The summed E-state index contributed by atoms with van der Waals surface area (Å²) < 4.78 is 25.6. The van der Waals surface area contributed by atoms with Gasteiger partial charge in [-0.2, -0.15) is 0 Å². The Balaban J connectivity index is 0.00000264. The molecule has 1 amide bonds. The monoisotopic (exact) mass is 361 g/mol. The van der Waals surface area contributed by atoms with Crippen molar-refractivity contribution in [2.75, 3.05) is 27.2 Å². The summed E-state index contributed by atoms with van der Waals surface area (Å²) in [5.74, 6) is 0.126.